The van der Waals surface area contributed by atoms with Crippen molar-refractivity contribution in [2.45, 2.75) is 38.8 Å². The van der Waals surface area contributed by atoms with Crippen molar-refractivity contribution in [3.05, 3.63) is 35.2 Å². The molecule has 0 unspecified atom stereocenters. The monoisotopic (exact) mass is 360 g/mol. The largest absolute Gasteiger partial charge is 0.459 e. The Morgan fingerprint density at radius 1 is 1.24 bits per heavy atom. The van der Waals surface area contributed by atoms with E-state index in [-0.39, 0.29) is 19.1 Å². The molecule has 1 N–H and O–H groups in total. The molecule has 2 heterocycles. The molecule has 0 aliphatic carbocycles. The number of hydrogen-bond donors (Lipinski definition) is 1. The van der Waals surface area contributed by atoms with E-state index in [0.29, 0.717) is 12.8 Å². The summed E-state index contributed by atoms with van der Waals surface area (Å²) in [7, 11) is 0. The first-order valence-corrected chi connectivity index (χ1v) is 9.13. The lowest BCUT2D eigenvalue weighted by Gasteiger charge is -2.22. The zero-order valence-electron chi connectivity index (χ0n) is 14.2. The van der Waals surface area contributed by atoms with Gasteiger partial charge in [0.1, 0.15) is 18.7 Å². The van der Waals surface area contributed by atoms with Gasteiger partial charge in [0.15, 0.2) is 0 Å². The number of imide groups is 1. The SMILES string of the molecule is CCC1(CC)NC(=O)N(CC(=O)OCc2csc3ccccc23)C1=O. The van der Waals surface area contributed by atoms with Crippen molar-refractivity contribution in [2.75, 3.05) is 6.54 Å². The van der Waals surface area contributed by atoms with Gasteiger partial charge in [-0.1, -0.05) is 32.0 Å². The summed E-state index contributed by atoms with van der Waals surface area (Å²) in [5.74, 6) is -0.956. The number of thiophene rings is 1. The Hall–Kier alpha value is -2.41. The predicted octanol–water partition coefficient (Wildman–Crippen LogP) is 3.06. The molecule has 7 heteroatoms. The zero-order valence-corrected chi connectivity index (χ0v) is 15.0. The van der Waals surface area contributed by atoms with Crippen molar-refractivity contribution < 1.29 is 19.1 Å². The summed E-state index contributed by atoms with van der Waals surface area (Å²) in [4.78, 5) is 37.6. The molecule has 1 saturated heterocycles. The van der Waals surface area contributed by atoms with Crippen LogP contribution in [0.15, 0.2) is 29.6 Å². The molecular formula is C18H20N2O4S. The molecule has 0 radical (unpaired) electrons. The Labute approximate surface area is 149 Å². The highest BCUT2D eigenvalue weighted by atomic mass is 32.1. The minimum absolute atomic E-state index is 0.124. The van der Waals surface area contributed by atoms with Gasteiger partial charge in [-0.05, 0) is 29.7 Å². The molecule has 1 fully saturated rings. The van der Waals surface area contributed by atoms with Crippen LogP contribution >= 0.6 is 11.3 Å². The van der Waals surface area contributed by atoms with Crippen LogP contribution < -0.4 is 5.32 Å². The minimum atomic E-state index is -0.902. The summed E-state index contributed by atoms with van der Waals surface area (Å²) in [5.41, 5.74) is 0.0172. The van der Waals surface area contributed by atoms with Crippen LogP contribution in [-0.2, 0) is 20.9 Å². The van der Waals surface area contributed by atoms with Crippen molar-refractivity contribution in [1.82, 2.24) is 10.2 Å². The van der Waals surface area contributed by atoms with Crippen LogP contribution in [-0.4, -0.2) is 34.9 Å². The molecule has 3 rings (SSSR count). The first-order valence-electron chi connectivity index (χ1n) is 8.25. The lowest BCUT2D eigenvalue weighted by atomic mass is 9.93. The second-order valence-corrected chi connectivity index (χ2v) is 6.94. The van der Waals surface area contributed by atoms with Gasteiger partial charge >= 0.3 is 12.0 Å². The molecule has 0 atom stereocenters. The van der Waals surface area contributed by atoms with Gasteiger partial charge in [0, 0.05) is 10.3 Å². The third kappa shape index (κ3) is 3.11. The van der Waals surface area contributed by atoms with Crippen LogP contribution in [0.4, 0.5) is 4.79 Å². The van der Waals surface area contributed by atoms with Gasteiger partial charge in [0.2, 0.25) is 0 Å². The van der Waals surface area contributed by atoms with Gasteiger partial charge in [0.25, 0.3) is 5.91 Å². The van der Waals surface area contributed by atoms with E-state index < -0.39 is 17.5 Å². The van der Waals surface area contributed by atoms with Crippen molar-refractivity contribution in [3.63, 3.8) is 0 Å². The Kier molecular flexibility index (Phi) is 4.76. The third-order valence-electron chi connectivity index (χ3n) is 4.69. The highest BCUT2D eigenvalue weighted by Crippen LogP contribution is 2.27. The summed E-state index contributed by atoms with van der Waals surface area (Å²) in [6.07, 6.45) is 0.973. The number of carbonyl (C=O) groups is 3. The maximum Gasteiger partial charge on any atom is 0.326 e. The number of ether oxygens (including phenoxy) is 1. The molecule has 1 aliphatic heterocycles. The van der Waals surface area contributed by atoms with E-state index in [2.05, 4.69) is 5.32 Å². The summed E-state index contributed by atoms with van der Waals surface area (Å²) in [6, 6.07) is 7.34. The number of carbonyl (C=O) groups excluding carboxylic acids is 3. The second-order valence-electron chi connectivity index (χ2n) is 6.03. The number of nitrogens with zero attached hydrogens (tertiary/aromatic N) is 1. The molecule has 0 spiro atoms. The summed E-state index contributed by atoms with van der Waals surface area (Å²) in [5, 5.41) is 5.69. The van der Waals surface area contributed by atoms with Crippen LogP contribution in [0.3, 0.4) is 0 Å². The molecule has 0 saturated carbocycles. The van der Waals surface area contributed by atoms with Crippen molar-refractivity contribution in [2.24, 2.45) is 0 Å². The standard InChI is InChI=1S/C18H20N2O4S/c1-3-18(4-2)16(22)20(17(23)19-18)9-15(21)24-10-12-11-25-14-8-6-5-7-13(12)14/h5-8,11H,3-4,9-10H2,1-2H3,(H,19,23). The summed E-state index contributed by atoms with van der Waals surface area (Å²) >= 11 is 1.59. The summed E-state index contributed by atoms with van der Waals surface area (Å²) < 4.78 is 6.41. The van der Waals surface area contributed by atoms with Crippen LogP contribution in [0.2, 0.25) is 0 Å². The fourth-order valence-electron chi connectivity index (χ4n) is 3.03. The number of benzene rings is 1. The quantitative estimate of drug-likeness (QED) is 0.634. The Morgan fingerprint density at radius 3 is 2.64 bits per heavy atom. The molecule has 6 nitrogen and oxygen atoms in total. The van der Waals surface area contributed by atoms with Crippen LogP contribution in [0, 0.1) is 0 Å². The molecule has 2 aromatic rings. The van der Waals surface area contributed by atoms with E-state index in [0.717, 1.165) is 20.5 Å². The van der Waals surface area contributed by atoms with Gasteiger partial charge in [-0.25, -0.2) is 4.79 Å². The fraction of sp³-hybridized carbons (Fsp3) is 0.389. The predicted molar refractivity (Wildman–Crippen MR) is 95.2 cm³/mol. The maximum absolute atomic E-state index is 12.5. The highest BCUT2D eigenvalue weighted by molar-refractivity contribution is 7.17. The van der Waals surface area contributed by atoms with Gasteiger partial charge in [0.05, 0.1) is 0 Å². The zero-order chi connectivity index (χ0) is 18.0. The number of hydrogen-bond acceptors (Lipinski definition) is 5. The fourth-order valence-corrected chi connectivity index (χ4v) is 3.97. The van der Waals surface area contributed by atoms with Gasteiger partial charge < -0.3 is 10.1 Å². The molecule has 0 bridgehead atoms. The molecule has 3 amide bonds. The average Bonchev–Trinajstić information content (AvgIpc) is 3.14. The molecule has 1 aromatic heterocycles. The minimum Gasteiger partial charge on any atom is -0.459 e. The van der Waals surface area contributed by atoms with E-state index in [4.69, 9.17) is 4.74 Å². The van der Waals surface area contributed by atoms with Crippen LogP contribution in [0.5, 0.6) is 0 Å². The first kappa shape index (κ1) is 17.4. The topological polar surface area (TPSA) is 75.7 Å². The van der Waals surface area contributed by atoms with E-state index in [1.807, 2.05) is 43.5 Å². The Morgan fingerprint density at radius 2 is 1.96 bits per heavy atom. The van der Waals surface area contributed by atoms with E-state index in [1.165, 1.54) is 0 Å². The second kappa shape index (κ2) is 6.84. The third-order valence-corrected chi connectivity index (χ3v) is 5.70. The molecule has 1 aromatic carbocycles. The number of amides is 3. The lowest BCUT2D eigenvalue weighted by Crippen LogP contribution is -2.46. The molecule has 25 heavy (non-hydrogen) atoms. The number of rotatable bonds is 6. The van der Waals surface area contributed by atoms with E-state index in [1.54, 1.807) is 11.3 Å². The van der Waals surface area contributed by atoms with Gasteiger partial charge in [-0.2, -0.15) is 0 Å². The normalized spacial score (nSPS) is 16.3. The number of nitrogens with one attached hydrogen (secondary N) is 1. The Bertz CT molecular complexity index is 825. The highest BCUT2D eigenvalue weighted by Gasteiger charge is 2.49. The Balaban J connectivity index is 1.63. The number of urea groups is 1. The molecular weight excluding hydrogens is 340 g/mol. The molecule has 132 valence electrons. The smallest absolute Gasteiger partial charge is 0.326 e. The van der Waals surface area contributed by atoms with Gasteiger partial charge in [-0.15, -0.1) is 11.3 Å². The van der Waals surface area contributed by atoms with Crippen LogP contribution in [0.25, 0.3) is 10.1 Å². The lowest BCUT2D eigenvalue weighted by molar-refractivity contribution is -0.148. The van der Waals surface area contributed by atoms with E-state index >= 15 is 0 Å². The number of esters is 1. The summed E-state index contributed by atoms with van der Waals surface area (Å²) in [6.45, 7) is 3.43. The van der Waals surface area contributed by atoms with Gasteiger partial charge in [-0.3, -0.25) is 14.5 Å². The first-order chi connectivity index (χ1) is 12.0. The maximum atomic E-state index is 12.5. The van der Waals surface area contributed by atoms with Crippen LogP contribution in [0.1, 0.15) is 32.3 Å². The number of fused-ring (bicyclic) bond motifs is 1. The van der Waals surface area contributed by atoms with Crippen molar-refractivity contribution in [3.8, 4) is 0 Å². The van der Waals surface area contributed by atoms with E-state index in [9.17, 15) is 14.4 Å². The van der Waals surface area contributed by atoms with Crippen molar-refractivity contribution in [1.29, 1.82) is 0 Å². The molecule has 1 aliphatic rings. The average molecular weight is 360 g/mol. The van der Waals surface area contributed by atoms with Crippen molar-refractivity contribution >= 4 is 39.3 Å².